The summed E-state index contributed by atoms with van der Waals surface area (Å²) in [6, 6.07) is 10.7. The predicted molar refractivity (Wildman–Crippen MR) is 86.3 cm³/mol. The van der Waals surface area contributed by atoms with E-state index in [1.807, 2.05) is 24.3 Å². The minimum atomic E-state index is -0.216. The lowest BCUT2D eigenvalue weighted by Gasteiger charge is -2.02. The molecule has 0 fully saturated rings. The molecule has 7 heteroatoms. The van der Waals surface area contributed by atoms with Crippen LogP contribution in [0, 0.1) is 0 Å². The number of rotatable bonds is 3. The van der Waals surface area contributed by atoms with Gasteiger partial charge in [0.25, 0.3) is 0 Å². The Bertz CT molecular complexity index is 871. The van der Waals surface area contributed by atoms with Gasteiger partial charge in [-0.05, 0) is 29.8 Å². The molecule has 0 N–H and O–H groups in total. The van der Waals surface area contributed by atoms with Gasteiger partial charge in [0.2, 0.25) is 0 Å². The van der Waals surface area contributed by atoms with Crippen molar-refractivity contribution < 1.29 is 0 Å². The Morgan fingerprint density at radius 2 is 1.95 bits per heavy atom. The Hall–Kier alpha value is -2.11. The Morgan fingerprint density at radius 1 is 1.14 bits per heavy atom. The predicted octanol–water partition coefficient (Wildman–Crippen LogP) is 3.00. The van der Waals surface area contributed by atoms with E-state index in [1.165, 1.54) is 9.25 Å². The molecule has 0 aliphatic heterocycles. The molecule has 0 unspecified atom stereocenters. The number of nitrogens with zero attached hydrogens (tertiary/aromatic N) is 4. The van der Waals surface area contributed by atoms with Crippen molar-refractivity contribution in [2.75, 3.05) is 0 Å². The fraction of sp³-hybridized carbons (Fsp3) is 0.133. The fourth-order valence-corrected chi connectivity index (χ4v) is 2.44. The molecule has 2 heterocycles. The van der Waals surface area contributed by atoms with E-state index in [2.05, 4.69) is 10.1 Å². The third kappa shape index (κ3) is 2.77. The van der Waals surface area contributed by atoms with Gasteiger partial charge < -0.3 is 0 Å². The molecule has 3 rings (SSSR count). The van der Waals surface area contributed by atoms with Crippen LogP contribution in [0.2, 0.25) is 10.0 Å². The van der Waals surface area contributed by atoms with E-state index in [0.717, 1.165) is 5.56 Å². The van der Waals surface area contributed by atoms with Crippen LogP contribution in [0.15, 0.2) is 47.4 Å². The largest absolute Gasteiger partial charge is 0.346 e. The van der Waals surface area contributed by atoms with Crippen LogP contribution in [-0.4, -0.2) is 19.3 Å². The molecule has 0 saturated carbocycles. The molecule has 5 nitrogen and oxygen atoms in total. The molecule has 0 radical (unpaired) electrons. The first-order valence-corrected chi connectivity index (χ1v) is 7.31. The maximum absolute atomic E-state index is 12.3. The second-order valence-electron chi connectivity index (χ2n) is 4.79. The van der Waals surface area contributed by atoms with Gasteiger partial charge in [-0.15, -0.1) is 5.10 Å². The number of hydrogen-bond acceptors (Lipinski definition) is 3. The van der Waals surface area contributed by atoms with E-state index >= 15 is 0 Å². The van der Waals surface area contributed by atoms with Crippen molar-refractivity contribution in [1.82, 2.24) is 19.3 Å². The summed E-state index contributed by atoms with van der Waals surface area (Å²) in [6.45, 7) is 0.316. The second kappa shape index (κ2) is 5.94. The molecule has 1 aromatic carbocycles. The number of benzene rings is 1. The van der Waals surface area contributed by atoms with Crippen LogP contribution in [0.1, 0.15) is 5.56 Å². The zero-order valence-corrected chi connectivity index (χ0v) is 13.2. The van der Waals surface area contributed by atoms with Gasteiger partial charge in [0, 0.05) is 13.2 Å². The quantitative estimate of drug-likeness (QED) is 0.739. The highest BCUT2D eigenvalue weighted by Gasteiger charge is 2.13. The molecular weight excluding hydrogens is 323 g/mol. The minimum Gasteiger partial charge on any atom is -0.277 e. The lowest BCUT2D eigenvalue weighted by Crippen LogP contribution is -2.23. The van der Waals surface area contributed by atoms with Crippen molar-refractivity contribution in [3.8, 4) is 11.5 Å². The molecular formula is C15H12Cl2N4O. The SMILES string of the molecule is Cn1c(-c2ccccn2)nn(Cc2ccc(Cl)c(Cl)c2)c1=O. The Balaban J connectivity index is 1.99. The third-order valence-corrected chi connectivity index (χ3v) is 3.99. The first-order valence-electron chi connectivity index (χ1n) is 6.55. The van der Waals surface area contributed by atoms with E-state index in [9.17, 15) is 4.79 Å². The molecule has 0 aliphatic rings. The van der Waals surface area contributed by atoms with Gasteiger partial charge in [-0.1, -0.05) is 35.3 Å². The first-order chi connectivity index (χ1) is 10.6. The van der Waals surface area contributed by atoms with Crippen LogP contribution >= 0.6 is 23.2 Å². The number of pyridine rings is 1. The van der Waals surface area contributed by atoms with Crippen LogP contribution in [0.25, 0.3) is 11.5 Å². The van der Waals surface area contributed by atoms with E-state index in [0.29, 0.717) is 28.1 Å². The number of aromatic nitrogens is 4. The Labute approximate surface area is 136 Å². The number of halogens is 2. The van der Waals surface area contributed by atoms with E-state index in [-0.39, 0.29) is 5.69 Å². The molecule has 112 valence electrons. The highest BCUT2D eigenvalue weighted by atomic mass is 35.5. The third-order valence-electron chi connectivity index (χ3n) is 3.25. The molecule has 22 heavy (non-hydrogen) atoms. The van der Waals surface area contributed by atoms with E-state index in [1.54, 1.807) is 25.4 Å². The smallest absolute Gasteiger partial charge is 0.277 e. The lowest BCUT2D eigenvalue weighted by molar-refractivity contribution is 0.647. The van der Waals surface area contributed by atoms with Crippen LogP contribution in [0.4, 0.5) is 0 Å². The topological polar surface area (TPSA) is 52.7 Å². The van der Waals surface area contributed by atoms with Crippen molar-refractivity contribution in [1.29, 1.82) is 0 Å². The zero-order chi connectivity index (χ0) is 15.7. The van der Waals surface area contributed by atoms with Crippen molar-refractivity contribution in [2.24, 2.45) is 7.05 Å². The summed E-state index contributed by atoms with van der Waals surface area (Å²) in [5.74, 6) is 0.519. The summed E-state index contributed by atoms with van der Waals surface area (Å²) in [5, 5.41) is 5.29. The van der Waals surface area contributed by atoms with Gasteiger partial charge in [-0.2, -0.15) is 0 Å². The van der Waals surface area contributed by atoms with Crippen LogP contribution in [0.3, 0.4) is 0 Å². The maximum Gasteiger partial charge on any atom is 0.346 e. The summed E-state index contributed by atoms with van der Waals surface area (Å²) in [4.78, 5) is 16.5. The number of hydrogen-bond donors (Lipinski definition) is 0. The van der Waals surface area contributed by atoms with Crippen molar-refractivity contribution >= 4 is 23.2 Å². The van der Waals surface area contributed by atoms with Crippen molar-refractivity contribution in [2.45, 2.75) is 6.54 Å². The van der Waals surface area contributed by atoms with E-state index < -0.39 is 0 Å². The van der Waals surface area contributed by atoms with Gasteiger partial charge in [-0.25, -0.2) is 9.48 Å². The molecule has 0 bridgehead atoms. The van der Waals surface area contributed by atoms with Gasteiger partial charge in [0.05, 0.1) is 16.6 Å². The standard InChI is InChI=1S/C15H12Cl2N4O/c1-20-14(13-4-2-3-7-18-13)19-21(15(20)22)9-10-5-6-11(16)12(17)8-10/h2-8H,9H2,1H3. The van der Waals surface area contributed by atoms with Crippen molar-refractivity contribution in [3.05, 3.63) is 68.7 Å². The highest BCUT2D eigenvalue weighted by Crippen LogP contribution is 2.22. The van der Waals surface area contributed by atoms with Crippen molar-refractivity contribution in [3.63, 3.8) is 0 Å². The zero-order valence-electron chi connectivity index (χ0n) is 11.7. The van der Waals surface area contributed by atoms with Crippen LogP contribution in [-0.2, 0) is 13.6 Å². The molecule has 0 amide bonds. The summed E-state index contributed by atoms with van der Waals surface area (Å²) < 4.78 is 2.85. The first kappa shape index (κ1) is 14.8. The summed E-state index contributed by atoms with van der Waals surface area (Å²) >= 11 is 11.9. The molecule has 0 aliphatic carbocycles. The normalized spacial score (nSPS) is 10.9. The molecule has 2 aromatic heterocycles. The van der Waals surface area contributed by atoms with Gasteiger partial charge >= 0.3 is 5.69 Å². The lowest BCUT2D eigenvalue weighted by atomic mass is 10.2. The highest BCUT2D eigenvalue weighted by molar-refractivity contribution is 6.42. The molecule has 3 aromatic rings. The second-order valence-corrected chi connectivity index (χ2v) is 5.60. The Kier molecular flexibility index (Phi) is 4.00. The van der Waals surface area contributed by atoms with Crippen LogP contribution in [0.5, 0.6) is 0 Å². The van der Waals surface area contributed by atoms with Crippen LogP contribution < -0.4 is 5.69 Å². The minimum absolute atomic E-state index is 0.216. The van der Waals surface area contributed by atoms with Gasteiger partial charge in [0.15, 0.2) is 5.82 Å². The molecule has 0 spiro atoms. The summed E-state index contributed by atoms with van der Waals surface area (Å²) in [5.41, 5.74) is 1.28. The summed E-state index contributed by atoms with van der Waals surface area (Å²) in [7, 11) is 1.67. The van der Waals surface area contributed by atoms with Gasteiger partial charge in [0.1, 0.15) is 5.69 Å². The molecule has 0 saturated heterocycles. The average molecular weight is 335 g/mol. The summed E-state index contributed by atoms with van der Waals surface area (Å²) in [6.07, 6.45) is 1.66. The monoisotopic (exact) mass is 334 g/mol. The van der Waals surface area contributed by atoms with E-state index in [4.69, 9.17) is 23.2 Å². The Morgan fingerprint density at radius 3 is 2.64 bits per heavy atom. The molecule has 0 atom stereocenters. The fourth-order valence-electron chi connectivity index (χ4n) is 2.12. The van der Waals surface area contributed by atoms with Gasteiger partial charge in [-0.3, -0.25) is 9.55 Å². The maximum atomic E-state index is 12.3. The average Bonchev–Trinajstić information content (AvgIpc) is 2.80.